The van der Waals surface area contributed by atoms with Gasteiger partial charge in [-0.3, -0.25) is 4.79 Å². The summed E-state index contributed by atoms with van der Waals surface area (Å²) >= 11 is 0. The van der Waals surface area contributed by atoms with Crippen LogP contribution in [0.4, 0.5) is 0 Å². The van der Waals surface area contributed by atoms with Crippen molar-refractivity contribution in [2.24, 2.45) is 0 Å². The second kappa shape index (κ2) is 6.11. The van der Waals surface area contributed by atoms with Gasteiger partial charge in [-0.2, -0.15) is 0 Å². The molecule has 0 saturated carbocycles. The smallest absolute Gasteiger partial charge is 0.222 e. The maximum Gasteiger partial charge on any atom is 0.222 e. The maximum absolute atomic E-state index is 11.9. The van der Waals surface area contributed by atoms with Crippen LogP contribution in [0, 0.1) is 0 Å². The lowest BCUT2D eigenvalue weighted by molar-refractivity contribution is -0.135. The Bertz CT molecular complexity index is 206. The molecule has 1 saturated heterocycles. The molecule has 0 aromatic rings. The highest BCUT2D eigenvalue weighted by Crippen LogP contribution is 2.13. The first-order valence-corrected chi connectivity index (χ1v) is 6.25. The van der Waals surface area contributed by atoms with Gasteiger partial charge in [0.15, 0.2) is 0 Å². The van der Waals surface area contributed by atoms with Crippen molar-refractivity contribution in [2.45, 2.75) is 58.5 Å². The molecule has 2 atom stereocenters. The summed E-state index contributed by atoms with van der Waals surface area (Å²) in [4.78, 5) is 14.0. The first-order chi connectivity index (χ1) is 7.22. The van der Waals surface area contributed by atoms with Gasteiger partial charge >= 0.3 is 0 Å². The second-order valence-electron chi connectivity index (χ2n) is 4.37. The molecule has 0 aromatic heterocycles. The highest BCUT2D eigenvalue weighted by molar-refractivity contribution is 5.76. The molecular formula is C12H24N2O. The molecule has 3 nitrogen and oxygen atoms in total. The van der Waals surface area contributed by atoms with Crippen LogP contribution in [0.2, 0.25) is 0 Å². The third-order valence-electron chi connectivity index (χ3n) is 3.25. The fraction of sp³-hybridized carbons (Fsp3) is 0.917. The van der Waals surface area contributed by atoms with E-state index in [0.717, 1.165) is 32.4 Å². The van der Waals surface area contributed by atoms with Gasteiger partial charge in [0.1, 0.15) is 0 Å². The minimum atomic E-state index is 0.337. The average molecular weight is 212 g/mol. The summed E-state index contributed by atoms with van der Waals surface area (Å²) in [7, 11) is 0. The van der Waals surface area contributed by atoms with Crippen molar-refractivity contribution in [2.75, 3.05) is 13.1 Å². The molecule has 0 aliphatic carbocycles. The van der Waals surface area contributed by atoms with E-state index in [1.165, 1.54) is 0 Å². The van der Waals surface area contributed by atoms with E-state index in [2.05, 4.69) is 31.0 Å². The zero-order valence-electron chi connectivity index (χ0n) is 10.3. The third-order valence-corrected chi connectivity index (χ3v) is 3.25. The Morgan fingerprint density at radius 1 is 1.33 bits per heavy atom. The Labute approximate surface area is 93.2 Å². The van der Waals surface area contributed by atoms with E-state index in [9.17, 15) is 4.79 Å². The Morgan fingerprint density at radius 2 is 2.07 bits per heavy atom. The van der Waals surface area contributed by atoms with Gasteiger partial charge in [0.2, 0.25) is 5.91 Å². The van der Waals surface area contributed by atoms with Crippen molar-refractivity contribution in [1.82, 2.24) is 10.2 Å². The first kappa shape index (κ1) is 12.5. The van der Waals surface area contributed by atoms with E-state index in [1.807, 2.05) is 0 Å². The predicted octanol–water partition coefficient (Wildman–Crippen LogP) is 1.78. The number of hydrogen-bond donors (Lipinski definition) is 1. The zero-order chi connectivity index (χ0) is 11.3. The van der Waals surface area contributed by atoms with Crippen molar-refractivity contribution < 1.29 is 4.79 Å². The lowest BCUT2D eigenvalue weighted by atomic mass is 10.0. The molecule has 1 rings (SSSR count). The zero-order valence-corrected chi connectivity index (χ0v) is 10.3. The number of carbonyl (C=O) groups excluding carboxylic acids is 1. The Kier molecular flexibility index (Phi) is 5.09. The van der Waals surface area contributed by atoms with Crippen molar-refractivity contribution >= 4 is 5.91 Å². The fourth-order valence-electron chi connectivity index (χ4n) is 2.17. The van der Waals surface area contributed by atoms with Crippen LogP contribution in [0.3, 0.4) is 0 Å². The molecule has 2 unspecified atom stereocenters. The van der Waals surface area contributed by atoms with Crippen LogP contribution in [0.15, 0.2) is 0 Å². The Balaban J connectivity index is 2.58. The summed E-state index contributed by atoms with van der Waals surface area (Å²) in [5, 5.41) is 3.50. The molecule has 0 spiro atoms. The molecule has 1 fully saturated rings. The van der Waals surface area contributed by atoms with Crippen LogP contribution in [0.1, 0.15) is 46.5 Å². The summed E-state index contributed by atoms with van der Waals surface area (Å²) in [6, 6.07) is 0.903. The third kappa shape index (κ3) is 3.20. The van der Waals surface area contributed by atoms with E-state index >= 15 is 0 Å². The van der Waals surface area contributed by atoms with E-state index in [4.69, 9.17) is 0 Å². The Hall–Kier alpha value is -0.570. The number of nitrogens with one attached hydrogen (secondary N) is 1. The average Bonchev–Trinajstić information content (AvgIpc) is 2.28. The van der Waals surface area contributed by atoms with Crippen LogP contribution in [-0.4, -0.2) is 36.0 Å². The van der Waals surface area contributed by atoms with Gasteiger partial charge in [-0.25, -0.2) is 0 Å². The normalized spacial score (nSPS) is 26.7. The molecule has 1 aliphatic heterocycles. The molecule has 0 radical (unpaired) electrons. The second-order valence-corrected chi connectivity index (χ2v) is 4.37. The van der Waals surface area contributed by atoms with Crippen LogP contribution < -0.4 is 5.32 Å². The van der Waals surface area contributed by atoms with Gasteiger partial charge < -0.3 is 10.2 Å². The minimum absolute atomic E-state index is 0.337. The van der Waals surface area contributed by atoms with Crippen molar-refractivity contribution in [3.05, 3.63) is 0 Å². The number of nitrogens with zero attached hydrogens (tertiary/aromatic N) is 1. The molecule has 15 heavy (non-hydrogen) atoms. The van der Waals surface area contributed by atoms with Crippen molar-refractivity contribution in [3.63, 3.8) is 0 Å². The molecule has 1 amide bonds. The molecule has 0 aromatic carbocycles. The van der Waals surface area contributed by atoms with E-state index < -0.39 is 0 Å². The topological polar surface area (TPSA) is 32.3 Å². The van der Waals surface area contributed by atoms with E-state index in [0.29, 0.717) is 24.4 Å². The molecule has 1 aliphatic rings. The number of rotatable bonds is 4. The number of amides is 1. The standard InChI is InChI=1S/C12H24N2O/c1-4-7-12(15)14-9-10(5-2)13-8-11(14)6-3/h10-11,13H,4-9H2,1-3H3. The van der Waals surface area contributed by atoms with Gasteiger partial charge in [-0.05, 0) is 19.3 Å². The summed E-state index contributed by atoms with van der Waals surface area (Å²) in [6.45, 7) is 8.26. The van der Waals surface area contributed by atoms with Crippen molar-refractivity contribution in [1.29, 1.82) is 0 Å². The largest absolute Gasteiger partial charge is 0.337 e. The molecule has 3 heteroatoms. The lowest BCUT2D eigenvalue weighted by Crippen LogP contribution is -2.57. The van der Waals surface area contributed by atoms with Gasteiger partial charge in [0, 0.05) is 31.6 Å². The van der Waals surface area contributed by atoms with E-state index in [1.54, 1.807) is 0 Å². The van der Waals surface area contributed by atoms with Gasteiger partial charge in [0.05, 0.1) is 0 Å². The fourth-order valence-corrected chi connectivity index (χ4v) is 2.17. The summed E-state index contributed by atoms with van der Waals surface area (Å²) in [5.74, 6) is 0.337. The lowest BCUT2D eigenvalue weighted by Gasteiger charge is -2.40. The van der Waals surface area contributed by atoms with Crippen molar-refractivity contribution in [3.8, 4) is 0 Å². The Morgan fingerprint density at radius 3 is 2.60 bits per heavy atom. The minimum Gasteiger partial charge on any atom is -0.337 e. The van der Waals surface area contributed by atoms with Gasteiger partial charge in [-0.15, -0.1) is 0 Å². The van der Waals surface area contributed by atoms with Gasteiger partial charge in [-0.1, -0.05) is 20.8 Å². The summed E-state index contributed by atoms with van der Waals surface area (Å²) in [6.07, 6.45) is 3.81. The molecule has 1 heterocycles. The number of carbonyl (C=O) groups is 1. The monoisotopic (exact) mass is 212 g/mol. The van der Waals surface area contributed by atoms with Crippen LogP contribution in [0.25, 0.3) is 0 Å². The van der Waals surface area contributed by atoms with Crippen LogP contribution in [0.5, 0.6) is 0 Å². The first-order valence-electron chi connectivity index (χ1n) is 6.25. The molecule has 88 valence electrons. The van der Waals surface area contributed by atoms with Crippen LogP contribution in [-0.2, 0) is 4.79 Å². The summed E-state index contributed by atoms with van der Waals surface area (Å²) < 4.78 is 0. The highest BCUT2D eigenvalue weighted by atomic mass is 16.2. The molecule has 1 N–H and O–H groups in total. The van der Waals surface area contributed by atoms with E-state index in [-0.39, 0.29) is 0 Å². The van der Waals surface area contributed by atoms with Crippen LogP contribution >= 0.6 is 0 Å². The maximum atomic E-state index is 11.9. The highest BCUT2D eigenvalue weighted by Gasteiger charge is 2.28. The number of hydrogen-bond acceptors (Lipinski definition) is 2. The van der Waals surface area contributed by atoms with Gasteiger partial charge in [0.25, 0.3) is 0 Å². The summed E-state index contributed by atoms with van der Waals surface area (Å²) in [5.41, 5.74) is 0. The number of piperazine rings is 1. The SMILES string of the molecule is CCCC(=O)N1CC(CC)NCC1CC. The quantitative estimate of drug-likeness (QED) is 0.770. The molecular weight excluding hydrogens is 188 g/mol. The predicted molar refractivity (Wildman–Crippen MR) is 62.8 cm³/mol. The molecule has 0 bridgehead atoms.